The van der Waals surface area contributed by atoms with E-state index in [1.165, 1.54) is 31.5 Å². The highest BCUT2D eigenvalue weighted by Gasteiger charge is 2.31. The third-order valence-corrected chi connectivity index (χ3v) is 5.52. The van der Waals surface area contributed by atoms with E-state index in [0.29, 0.717) is 18.8 Å². The minimum Gasteiger partial charge on any atom is -0.493 e. The van der Waals surface area contributed by atoms with Gasteiger partial charge in [0, 0.05) is 18.8 Å². The minimum atomic E-state index is -4.53. The highest BCUT2D eigenvalue weighted by Crippen LogP contribution is 2.31. The number of carbonyl (C=O) groups is 1. The highest BCUT2D eigenvalue weighted by atomic mass is 19.4. The van der Waals surface area contributed by atoms with Crippen LogP contribution in [0.5, 0.6) is 5.75 Å². The summed E-state index contributed by atoms with van der Waals surface area (Å²) in [5.74, 6) is -1.16. The van der Waals surface area contributed by atoms with Gasteiger partial charge in [-0.3, -0.25) is 4.79 Å². The number of morpholine rings is 1. The van der Waals surface area contributed by atoms with Crippen LogP contribution in [-0.4, -0.2) is 48.1 Å². The van der Waals surface area contributed by atoms with E-state index in [2.05, 4.69) is 10.4 Å². The minimum absolute atomic E-state index is 0.0445. The fourth-order valence-corrected chi connectivity index (χ4v) is 4.03. The van der Waals surface area contributed by atoms with Gasteiger partial charge in [-0.05, 0) is 50.2 Å². The summed E-state index contributed by atoms with van der Waals surface area (Å²) in [6.07, 6.45) is -3.32. The van der Waals surface area contributed by atoms with E-state index in [1.807, 2.05) is 18.7 Å². The molecule has 2 heterocycles. The molecule has 0 bridgehead atoms. The lowest BCUT2D eigenvalue weighted by atomic mass is 10.2. The molecule has 0 aliphatic carbocycles. The average Bonchev–Trinajstić information content (AvgIpc) is 3.23. The van der Waals surface area contributed by atoms with Crippen molar-refractivity contribution >= 4 is 17.3 Å². The molecule has 1 amide bonds. The average molecular weight is 492 g/mol. The maximum Gasteiger partial charge on any atom is 0.416 e. The molecular formula is C24H24F4N4O3. The van der Waals surface area contributed by atoms with Crippen molar-refractivity contribution in [1.82, 2.24) is 9.78 Å². The molecule has 2 aromatic carbocycles. The zero-order chi connectivity index (χ0) is 25.3. The molecule has 1 fully saturated rings. The van der Waals surface area contributed by atoms with Crippen LogP contribution in [0.25, 0.3) is 5.69 Å². The van der Waals surface area contributed by atoms with E-state index in [0.717, 1.165) is 16.8 Å². The largest absolute Gasteiger partial charge is 0.493 e. The van der Waals surface area contributed by atoms with Crippen molar-refractivity contribution in [3.63, 3.8) is 0 Å². The number of anilines is 2. The van der Waals surface area contributed by atoms with Gasteiger partial charge in [0.15, 0.2) is 11.4 Å². The molecule has 186 valence electrons. The molecule has 35 heavy (non-hydrogen) atoms. The van der Waals surface area contributed by atoms with E-state index in [4.69, 9.17) is 9.47 Å². The number of hydrogen-bond acceptors (Lipinski definition) is 5. The summed E-state index contributed by atoms with van der Waals surface area (Å²) in [6, 6.07) is 8.86. The summed E-state index contributed by atoms with van der Waals surface area (Å²) in [4.78, 5) is 14.7. The van der Waals surface area contributed by atoms with Gasteiger partial charge in [-0.1, -0.05) is 6.07 Å². The van der Waals surface area contributed by atoms with Crippen LogP contribution in [0.4, 0.5) is 28.9 Å². The monoisotopic (exact) mass is 492 g/mol. The number of nitrogens with one attached hydrogen (secondary N) is 1. The Hall–Kier alpha value is -3.60. The smallest absolute Gasteiger partial charge is 0.416 e. The number of nitrogens with zero attached hydrogens (tertiary/aromatic N) is 3. The second-order valence-electron chi connectivity index (χ2n) is 8.32. The van der Waals surface area contributed by atoms with Gasteiger partial charge in [0.2, 0.25) is 0 Å². The van der Waals surface area contributed by atoms with Gasteiger partial charge in [0.25, 0.3) is 5.91 Å². The lowest BCUT2D eigenvalue weighted by Crippen LogP contribution is -2.45. The summed E-state index contributed by atoms with van der Waals surface area (Å²) in [6.45, 7) is 4.91. The maximum atomic E-state index is 14.9. The number of hydrogen-bond donors (Lipinski definition) is 1. The van der Waals surface area contributed by atoms with Crippen molar-refractivity contribution in [3.05, 3.63) is 65.7 Å². The Labute approximate surface area is 199 Å². The van der Waals surface area contributed by atoms with Crippen LogP contribution in [0.3, 0.4) is 0 Å². The first-order valence-corrected chi connectivity index (χ1v) is 10.9. The van der Waals surface area contributed by atoms with Crippen molar-refractivity contribution < 1.29 is 31.8 Å². The quantitative estimate of drug-likeness (QED) is 0.513. The first-order chi connectivity index (χ1) is 16.5. The molecule has 4 rings (SSSR count). The third kappa shape index (κ3) is 5.40. The Morgan fingerprint density at radius 3 is 2.49 bits per heavy atom. The van der Waals surface area contributed by atoms with Crippen LogP contribution >= 0.6 is 0 Å². The molecule has 2 unspecified atom stereocenters. The standard InChI is InChI=1S/C24H24F4N4O3/c1-14-11-31(12-15(2)35-14)20-8-7-17(10-19(20)25)29-23(33)22-21(34-3)13-32(30-22)18-6-4-5-16(9-18)24(26,27)28/h4-10,13-15H,11-12H2,1-3H3,(H,29,33). The van der Waals surface area contributed by atoms with Crippen LogP contribution < -0.4 is 15.0 Å². The predicted molar refractivity (Wildman–Crippen MR) is 122 cm³/mol. The highest BCUT2D eigenvalue weighted by molar-refractivity contribution is 6.04. The Morgan fingerprint density at radius 2 is 1.86 bits per heavy atom. The zero-order valence-corrected chi connectivity index (χ0v) is 19.3. The second kappa shape index (κ2) is 9.57. The number of carbonyl (C=O) groups excluding carboxylic acids is 1. The van der Waals surface area contributed by atoms with Gasteiger partial charge < -0.3 is 19.7 Å². The molecule has 1 saturated heterocycles. The molecule has 1 aromatic heterocycles. The van der Waals surface area contributed by atoms with Crippen molar-refractivity contribution in [1.29, 1.82) is 0 Å². The third-order valence-electron chi connectivity index (χ3n) is 5.52. The Morgan fingerprint density at radius 1 is 1.14 bits per heavy atom. The molecule has 0 radical (unpaired) electrons. The zero-order valence-electron chi connectivity index (χ0n) is 19.3. The van der Waals surface area contributed by atoms with E-state index in [-0.39, 0.29) is 35.0 Å². The number of methoxy groups -OCH3 is 1. The van der Waals surface area contributed by atoms with Gasteiger partial charge >= 0.3 is 6.18 Å². The van der Waals surface area contributed by atoms with Crippen LogP contribution in [0.1, 0.15) is 29.9 Å². The van der Waals surface area contributed by atoms with E-state index < -0.39 is 23.5 Å². The predicted octanol–water partition coefficient (Wildman–Crippen LogP) is 4.90. The van der Waals surface area contributed by atoms with E-state index in [9.17, 15) is 22.4 Å². The summed E-state index contributed by atoms with van der Waals surface area (Å²) in [7, 11) is 1.31. The van der Waals surface area contributed by atoms with Gasteiger partial charge in [-0.25, -0.2) is 9.07 Å². The van der Waals surface area contributed by atoms with Gasteiger partial charge in [0.05, 0.1) is 42.5 Å². The van der Waals surface area contributed by atoms with Crippen LogP contribution in [0.2, 0.25) is 0 Å². The van der Waals surface area contributed by atoms with E-state index in [1.54, 1.807) is 12.1 Å². The lowest BCUT2D eigenvalue weighted by Gasteiger charge is -2.37. The van der Waals surface area contributed by atoms with Crippen molar-refractivity contribution in [2.24, 2.45) is 0 Å². The Balaban J connectivity index is 1.55. The Bertz CT molecular complexity index is 1220. The van der Waals surface area contributed by atoms with Crippen LogP contribution in [0.15, 0.2) is 48.7 Å². The number of halogens is 4. The topological polar surface area (TPSA) is 68.6 Å². The Kier molecular flexibility index (Phi) is 6.70. The molecule has 1 N–H and O–H groups in total. The number of rotatable bonds is 5. The molecule has 2 atom stereocenters. The first-order valence-electron chi connectivity index (χ1n) is 10.9. The molecule has 1 aliphatic heterocycles. The molecule has 0 saturated carbocycles. The fourth-order valence-electron chi connectivity index (χ4n) is 4.03. The van der Waals surface area contributed by atoms with Crippen LogP contribution in [-0.2, 0) is 10.9 Å². The summed E-state index contributed by atoms with van der Waals surface area (Å²) in [5, 5.41) is 6.66. The first kappa shape index (κ1) is 24.5. The summed E-state index contributed by atoms with van der Waals surface area (Å²) >= 11 is 0. The number of ether oxygens (including phenoxy) is 2. The molecule has 3 aromatic rings. The van der Waals surface area contributed by atoms with Crippen LogP contribution in [0, 0.1) is 5.82 Å². The van der Waals surface area contributed by atoms with Gasteiger partial charge in [-0.15, -0.1) is 0 Å². The number of benzene rings is 2. The van der Waals surface area contributed by atoms with Crippen molar-refractivity contribution in [2.75, 3.05) is 30.4 Å². The summed E-state index contributed by atoms with van der Waals surface area (Å²) < 4.78 is 66.1. The molecule has 7 nitrogen and oxygen atoms in total. The normalized spacial score (nSPS) is 18.4. The SMILES string of the molecule is COc1cn(-c2cccc(C(F)(F)F)c2)nc1C(=O)Nc1ccc(N2CC(C)OC(C)C2)c(F)c1. The molecular weight excluding hydrogens is 468 g/mol. The maximum absolute atomic E-state index is 14.9. The lowest BCUT2D eigenvalue weighted by molar-refractivity contribution is -0.137. The number of alkyl halides is 3. The summed E-state index contributed by atoms with van der Waals surface area (Å²) in [5.41, 5.74) is -0.320. The van der Waals surface area contributed by atoms with Gasteiger partial charge in [0.1, 0.15) is 5.82 Å². The van der Waals surface area contributed by atoms with Crippen molar-refractivity contribution in [3.8, 4) is 11.4 Å². The van der Waals surface area contributed by atoms with Gasteiger partial charge in [-0.2, -0.15) is 18.3 Å². The molecule has 0 spiro atoms. The van der Waals surface area contributed by atoms with E-state index >= 15 is 0 Å². The van der Waals surface area contributed by atoms with Crippen molar-refractivity contribution in [2.45, 2.75) is 32.2 Å². The fraction of sp³-hybridized carbons (Fsp3) is 0.333. The molecule has 1 aliphatic rings. The molecule has 11 heteroatoms. The number of amides is 1. The number of aromatic nitrogens is 2. The second-order valence-corrected chi connectivity index (χ2v) is 8.32.